The molecule has 1 N–H and O–H groups in total. The van der Waals surface area contributed by atoms with Crippen molar-refractivity contribution in [3.63, 3.8) is 0 Å². The van der Waals surface area contributed by atoms with Crippen LogP contribution in [0.25, 0.3) is 0 Å². The summed E-state index contributed by atoms with van der Waals surface area (Å²) in [5.74, 6) is 0.270. The van der Waals surface area contributed by atoms with E-state index in [1.165, 1.54) is 5.57 Å². The SMILES string of the molecule is CC(C)=CCCC(C(=O)O)C1CCC2(C)C3=C(CCC12C)C1(C)CCC(=O)C(C)(C)C1CC3. The number of fused-ring (bicyclic) bond motifs is 4. The van der Waals surface area contributed by atoms with Gasteiger partial charge in [0.05, 0.1) is 5.92 Å². The van der Waals surface area contributed by atoms with E-state index in [-0.39, 0.29) is 33.5 Å². The summed E-state index contributed by atoms with van der Waals surface area (Å²) in [7, 11) is 0. The number of rotatable bonds is 5. The van der Waals surface area contributed by atoms with Crippen LogP contribution in [-0.2, 0) is 9.59 Å². The van der Waals surface area contributed by atoms with E-state index in [0.29, 0.717) is 18.1 Å². The van der Waals surface area contributed by atoms with Crippen molar-refractivity contribution in [2.45, 2.75) is 113 Å². The molecule has 4 rings (SSSR count). The standard InChI is InChI=1S/C30H46O3/c1-19(2)9-8-10-20(26(32)33)21-13-17-30(7)23-11-12-24-27(3,4)25(31)15-16-28(24,5)22(23)14-18-29(21,30)6/h9,20-21,24H,8,10-18H2,1-7H3,(H,32,33). The third-order valence-corrected chi connectivity index (χ3v) is 11.4. The molecule has 0 amide bonds. The third kappa shape index (κ3) is 3.50. The van der Waals surface area contributed by atoms with Crippen molar-refractivity contribution in [3.8, 4) is 0 Å². The van der Waals surface area contributed by atoms with E-state index < -0.39 is 5.97 Å². The number of carbonyl (C=O) groups is 2. The number of aliphatic carboxylic acids is 1. The number of hydrogen-bond acceptors (Lipinski definition) is 2. The number of carboxylic acids is 1. The Hall–Kier alpha value is -1.38. The molecule has 3 nitrogen and oxygen atoms in total. The van der Waals surface area contributed by atoms with Gasteiger partial charge in [-0.25, -0.2) is 0 Å². The van der Waals surface area contributed by atoms with Gasteiger partial charge in [-0.05, 0) is 99.7 Å². The Morgan fingerprint density at radius 1 is 1.00 bits per heavy atom. The summed E-state index contributed by atoms with van der Waals surface area (Å²) < 4.78 is 0. The number of allylic oxidation sites excluding steroid dienone is 4. The van der Waals surface area contributed by atoms with Crippen molar-refractivity contribution in [1.82, 2.24) is 0 Å². The average molecular weight is 455 g/mol. The first kappa shape index (κ1) is 24.7. The van der Waals surface area contributed by atoms with Gasteiger partial charge in [0.25, 0.3) is 0 Å². The van der Waals surface area contributed by atoms with Gasteiger partial charge in [-0.3, -0.25) is 9.59 Å². The summed E-state index contributed by atoms with van der Waals surface area (Å²) in [6.07, 6.45) is 12.0. The topological polar surface area (TPSA) is 54.4 Å². The van der Waals surface area contributed by atoms with Crippen LogP contribution in [0.4, 0.5) is 0 Å². The molecule has 33 heavy (non-hydrogen) atoms. The van der Waals surface area contributed by atoms with E-state index >= 15 is 0 Å². The van der Waals surface area contributed by atoms with Gasteiger partial charge in [0.15, 0.2) is 0 Å². The maximum absolute atomic E-state index is 12.8. The fraction of sp³-hybridized carbons (Fsp3) is 0.800. The van der Waals surface area contributed by atoms with Crippen LogP contribution >= 0.6 is 0 Å². The second kappa shape index (κ2) is 8.09. The predicted molar refractivity (Wildman–Crippen MR) is 134 cm³/mol. The van der Waals surface area contributed by atoms with Crippen LogP contribution in [0.2, 0.25) is 0 Å². The molecule has 6 unspecified atom stereocenters. The summed E-state index contributed by atoms with van der Waals surface area (Å²) in [5, 5.41) is 10.2. The second-order valence-corrected chi connectivity index (χ2v) is 13.3. The molecule has 3 heteroatoms. The molecule has 0 aromatic carbocycles. The number of carboxylic acid groups (broad SMARTS) is 1. The number of hydrogen-bond donors (Lipinski definition) is 1. The maximum atomic E-state index is 12.8. The highest BCUT2D eigenvalue weighted by atomic mass is 16.4. The molecule has 2 saturated carbocycles. The van der Waals surface area contributed by atoms with Crippen LogP contribution in [-0.4, -0.2) is 16.9 Å². The molecule has 4 aliphatic carbocycles. The normalized spacial score (nSPS) is 40.5. The zero-order valence-corrected chi connectivity index (χ0v) is 22.1. The van der Waals surface area contributed by atoms with Crippen molar-refractivity contribution < 1.29 is 14.7 Å². The lowest BCUT2D eigenvalue weighted by atomic mass is 9.43. The fourth-order valence-electron chi connectivity index (χ4n) is 9.22. The second-order valence-electron chi connectivity index (χ2n) is 13.3. The minimum atomic E-state index is -0.601. The van der Waals surface area contributed by atoms with E-state index in [0.717, 1.165) is 57.8 Å². The molecular formula is C30H46O3. The van der Waals surface area contributed by atoms with Gasteiger partial charge in [0.1, 0.15) is 5.78 Å². The molecule has 6 atom stereocenters. The zero-order valence-electron chi connectivity index (χ0n) is 22.1. The van der Waals surface area contributed by atoms with Crippen LogP contribution in [0.1, 0.15) is 113 Å². The highest BCUT2D eigenvalue weighted by Gasteiger charge is 2.64. The number of ketones is 1. The van der Waals surface area contributed by atoms with Crippen LogP contribution < -0.4 is 0 Å². The summed E-state index contributed by atoms with van der Waals surface area (Å²) in [6, 6.07) is 0. The Morgan fingerprint density at radius 3 is 2.33 bits per heavy atom. The van der Waals surface area contributed by atoms with E-state index in [2.05, 4.69) is 54.5 Å². The Bertz CT molecular complexity index is 904. The van der Waals surface area contributed by atoms with Crippen molar-refractivity contribution >= 4 is 11.8 Å². The van der Waals surface area contributed by atoms with Crippen molar-refractivity contribution in [2.75, 3.05) is 0 Å². The van der Waals surface area contributed by atoms with Crippen LogP contribution in [0.15, 0.2) is 22.8 Å². The lowest BCUT2D eigenvalue weighted by Crippen LogP contribution is -2.54. The molecule has 0 aromatic rings. The Balaban J connectivity index is 1.70. The first-order chi connectivity index (χ1) is 15.3. The molecule has 184 valence electrons. The van der Waals surface area contributed by atoms with E-state index in [1.807, 2.05) is 0 Å². The fourth-order valence-corrected chi connectivity index (χ4v) is 9.22. The number of Topliss-reactive ketones (excluding diaryl/α,β-unsaturated/α-hetero) is 1. The van der Waals surface area contributed by atoms with Gasteiger partial charge in [-0.2, -0.15) is 0 Å². The van der Waals surface area contributed by atoms with Crippen LogP contribution in [0.5, 0.6) is 0 Å². The summed E-state index contributed by atoms with van der Waals surface area (Å²) in [6.45, 7) is 15.9. The molecular weight excluding hydrogens is 408 g/mol. The van der Waals surface area contributed by atoms with E-state index in [4.69, 9.17) is 0 Å². The molecule has 0 radical (unpaired) electrons. The molecule has 2 fully saturated rings. The lowest BCUT2D eigenvalue weighted by molar-refractivity contribution is -0.146. The minimum Gasteiger partial charge on any atom is -0.481 e. The maximum Gasteiger partial charge on any atom is 0.306 e. The zero-order chi connectivity index (χ0) is 24.4. The molecule has 4 aliphatic rings. The van der Waals surface area contributed by atoms with Crippen LogP contribution in [0.3, 0.4) is 0 Å². The molecule has 0 bridgehead atoms. The van der Waals surface area contributed by atoms with Crippen molar-refractivity contribution in [2.24, 2.45) is 39.4 Å². The highest BCUT2D eigenvalue weighted by Crippen LogP contribution is 2.72. The highest BCUT2D eigenvalue weighted by molar-refractivity contribution is 5.85. The van der Waals surface area contributed by atoms with Gasteiger partial charge < -0.3 is 5.11 Å². The summed E-state index contributed by atoms with van der Waals surface area (Å²) >= 11 is 0. The van der Waals surface area contributed by atoms with Crippen molar-refractivity contribution in [1.29, 1.82) is 0 Å². The van der Waals surface area contributed by atoms with Gasteiger partial charge in [-0.15, -0.1) is 0 Å². The molecule has 0 aliphatic heterocycles. The quantitative estimate of drug-likeness (QED) is 0.432. The Labute approximate surface area is 201 Å². The third-order valence-electron chi connectivity index (χ3n) is 11.4. The monoisotopic (exact) mass is 454 g/mol. The number of carbonyl (C=O) groups excluding carboxylic acids is 1. The first-order valence-electron chi connectivity index (χ1n) is 13.4. The van der Waals surface area contributed by atoms with Crippen LogP contribution in [0, 0.1) is 39.4 Å². The summed E-state index contributed by atoms with van der Waals surface area (Å²) in [4.78, 5) is 25.2. The Kier molecular flexibility index (Phi) is 6.07. The largest absolute Gasteiger partial charge is 0.481 e. The molecule has 0 aromatic heterocycles. The Morgan fingerprint density at radius 2 is 1.70 bits per heavy atom. The smallest absolute Gasteiger partial charge is 0.306 e. The average Bonchev–Trinajstić information content (AvgIpc) is 3.00. The molecule has 0 spiro atoms. The summed E-state index contributed by atoms with van der Waals surface area (Å²) in [5.41, 5.74) is 4.63. The van der Waals surface area contributed by atoms with Gasteiger partial charge in [0.2, 0.25) is 0 Å². The predicted octanol–water partition coefficient (Wildman–Crippen LogP) is 7.75. The van der Waals surface area contributed by atoms with Gasteiger partial charge in [0, 0.05) is 11.8 Å². The van der Waals surface area contributed by atoms with E-state index in [9.17, 15) is 14.7 Å². The van der Waals surface area contributed by atoms with E-state index in [1.54, 1.807) is 11.1 Å². The molecule has 0 heterocycles. The minimum absolute atomic E-state index is 0.0447. The molecule has 0 saturated heterocycles. The van der Waals surface area contributed by atoms with Gasteiger partial charge >= 0.3 is 5.97 Å². The lowest BCUT2D eigenvalue weighted by Gasteiger charge is -2.60. The van der Waals surface area contributed by atoms with Gasteiger partial charge in [-0.1, -0.05) is 57.4 Å². The first-order valence-corrected chi connectivity index (χ1v) is 13.4. The van der Waals surface area contributed by atoms with Crippen molar-refractivity contribution in [3.05, 3.63) is 22.8 Å².